The second-order valence-electron chi connectivity index (χ2n) is 9.52. The molecule has 4 aromatic rings. The highest BCUT2D eigenvalue weighted by molar-refractivity contribution is 7.19. The van der Waals surface area contributed by atoms with E-state index in [0.717, 1.165) is 29.5 Å². The molecule has 3 N–H and O–H groups in total. The molecule has 1 aliphatic carbocycles. The SMILES string of the molecule is Cc1cc2ccc(CNC(=O)c3cc(C(=O)N[C@H]4CCc5cc([C@H]6N=NNN6C)ccc54)ncn3)cc2s1. The molecule has 38 heavy (non-hydrogen) atoms. The number of thiophene rings is 1. The van der Waals surface area contributed by atoms with E-state index in [1.54, 1.807) is 11.3 Å². The molecular weight excluding hydrogens is 500 g/mol. The van der Waals surface area contributed by atoms with Crippen LogP contribution in [0.3, 0.4) is 0 Å². The lowest BCUT2D eigenvalue weighted by Crippen LogP contribution is -2.29. The highest BCUT2D eigenvalue weighted by atomic mass is 32.1. The van der Waals surface area contributed by atoms with Gasteiger partial charge in [0.05, 0.1) is 6.04 Å². The number of hydrazine groups is 1. The molecule has 2 amide bonds. The van der Waals surface area contributed by atoms with Gasteiger partial charge in [0.1, 0.15) is 17.7 Å². The number of amides is 2. The molecule has 2 atom stereocenters. The van der Waals surface area contributed by atoms with E-state index in [9.17, 15) is 9.59 Å². The van der Waals surface area contributed by atoms with Crippen LogP contribution in [0, 0.1) is 6.92 Å². The molecule has 0 unspecified atom stereocenters. The summed E-state index contributed by atoms with van der Waals surface area (Å²) in [5, 5.41) is 17.1. The zero-order valence-corrected chi connectivity index (χ0v) is 21.7. The van der Waals surface area contributed by atoms with Crippen LogP contribution in [-0.4, -0.2) is 33.8 Å². The van der Waals surface area contributed by atoms with Crippen LogP contribution in [0.1, 0.15) is 66.7 Å². The lowest BCUT2D eigenvalue weighted by molar-refractivity contribution is 0.0931. The minimum Gasteiger partial charge on any atom is -0.347 e. The van der Waals surface area contributed by atoms with Gasteiger partial charge in [0.15, 0.2) is 6.17 Å². The van der Waals surface area contributed by atoms with Gasteiger partial charge in [-0.2, -0.15) is 5.01 Å². The van der Waals surface area contributed by atoms with E-state index in [1.807, 2.05) is 30.3 Å². The van der Waals surface area contributed by atoms with Crippen molar-refractivity contribution in [1.82, 2.24) is 31.1 Å². The average molecular weight is 527 g/mol. The summed E-state index contributed by atoms with van der Waals surface area (Å²) in [5.41, 5.74) is 7.44. The number of aryl methyl sites for hydroxylation is 2. The number of hydrogen-bond acceptors (Lipinski definition) is 9. The maximum atomic E-state index is 13.0. The fourth-order valence-corrected chi connectivity index (χ4v) is 5.94. The number of carbonyl (C=O) groups is 2. The van der Waals surface area contributed by atoms with Crippen LogP contribution in [0.5, 0.6) is 0 Å². The van der Waals surface area contributed by atoms with Gasteiger partial charge >= 0.3 is 0 Å². The monoisotopic (exact) mass is 526 g/mol. The summed E-state index contributed by atoms with van der Waals surface area (Å²) in [6, 6.07) is 15.8. The number of aromatic nitrogens is 2. The van der Waals surface area contributed by atoms with Gasteiger partial charge < -0.3 is 10.6 Å². The Morgan fingerprint density at radius 1 is 1.08 bits per heavy atom. The number of carbonyl (C=O) groups excluding carboxylic acids is 2. The molecule has 10 nitrogen and oxygen atoms in total. The summed E-state index contributed by atoms with van der Waals surface area (Å²) < 4.78 is 1.19. The normalized spacial score (nSPS) is 18.4. The van der Waals surface area contributed by atoms with Crippen LogP contribution in [0.2, 0.25) is 0 Å². The maximum absolute atomic E-state index is 13.0. The van der Waals surface area contributed by atoms with Crippen molar-refractivity contribution in [2.24, 2.45) is 10.3 Å². The highest BCUT2D eigenvalue weighted by Gasteiger charge is 2.28. The first-order valence-corrected chi connectivity index (χ1v) is 13.2. The molecule has 0 fully saturated rings. The Bertz CT molecular complexity index is 1580. The first kappa shape index (κ1) is 24.1. The number of hydrogen-bond donors (Lipinski definition) is 3. The quantitative estimate of drug-likeness (QED) is 0.347. The van der Waals surface area contributed by atoms with Gasteiger partial charge in [0.2, 0.25) is 0 Å². The third-order valence-corrected chi connectivity index (χ3v) is 7.89. The van der Waals surface area contributed by atoms with E-state index in [1.165, 1.54) is 32.9 Å². The molecule has 1 aliphatic heterocycles. The average Bonchev–Trinajstić information content (AvgIpc) is 3.64. The van der Waals surface area contributed by atoms with E-state index in [2.05, 4.69) is 67.7 Å². The fourth-order valence-electron chi connectivity index (χ4n) is 4.95. The zero-order chi connectivity index (χ0) is 26.2. The lowest BCUT2D eigenvalue weighted by Gasteiger charge is -2.17. The molecule has 0 bridgehead atoms. The maximum Gasteiger partial charge on any atom is 0.270 e. The van der Waals surface area contributed by atoms with Crippen molar-refractivity contribution < 1.29 is 9.59 Å². The Balaban J connectivity index is 1.10. The van der Waals surface area contributed by atoms with Gasteiger partial charge in [0.25, 0.3) is 11.8 Å². The number of nitrogens with one attached hydrogen (secondary N) is 3. The van der Waals surface area contributed by atoms with E-state index >= 15 is 0 Å². The molecule has 0 radical (unpaired) electrons. The summed E-state index contributed by atoms with van der Waals surface area (Å²) in [6.07, 6.45) is 2.72. The molecular formula is C27H26N8O2S. The molecule has 3 heterocycles. The van der Waals surface area contributed by atoms with Crippen molar-refractivity contribution in [2.75, 3.05) is 7.05 Å². The molecule has 11 heteroatoms. The Morgan fingerprint density at radius 2 is 1.92 bits per heavy atom. The Kier molecular flexibility index (Phi) is 6.30. The van der Waals surface area contributed by atoms with Crippen molar-refractivity contribution in [3.05, 3.63) is 93.4 Å². The topological polar surface area (TPSA) is 124 Å². The Labute approximate surface area is 223 Å². The molecule has 2 aromatic carbocycles. The highest BCUT2D eigenvalue weighted by Crippen LogP contribution is 2.34. The van der Waals surface area contributed by atoms with Crippen LogP contribution >= 0.6 is 11.3 Å². The van der Waals surface area contributed by atoms with Crippen LogP contribution in [0.4, 0.5) is 0 Å². The van der Waals surface area contributed by atoms with Crippen molar-refractivity contribution in [3.63, 3.8) is 0 Å². The number of rotatable bonds is 6. The predicted molar refractivity (Wildman–Crippen MR) is 143 cm³/mol. The Hall–Kier alpha value is -4.22. The van der Waals surface area contributed by atoms with E-state index < -0.39 is 0 Å². The van der Waals surface area contributed by atoms with Crippen molar-refractivity contribution in [1.29, 1.82) is 0 Å². The number of fused-ring (bicyclic) bond motifs is 2. The smallest absolute Gasteiger partial charge is 0.270 e. The van der Waals surface area contributed by atoms with Gasteiger partial charge in [-0.1, -0.05) is 35.6 Å². The second kappa shape index (κ2) is 9.92. The molecule has 0 spiro atoms. The standard InChI is InChI=1S/C27H26N8O2S/c1-15-9-18-4-3-16(10-24(18)38-15)13-28-26(36)22-12-23(30-14-29-22)27(37)31-21-8-6-17-11-19(5-7-20(17)21)25-32-33-34-35(25)2/h3-5,7,9-12,14,21,25H,6,8,13H2,1-2H3,(H,28,36)(H,31,37)(H,32,34)/t21-,25-/m0/s1. The summed E-state index contributed by atoms with van der Waals surface area (Å²) in [4.78, 5) is 35.3. The largest absolute Gasteiger partial charge is 0.347 e. The predicted octanol–water partition coefficient (Wildman–Crippen LogP) is 4.16. The van der Waals surface area contributed by atoms with Gasteiger partial charge in [-0.3, -0.25) is 9.59 Å². The van der Waals surface area contributed by atoms with Crippen LogP contribution in [-0.2, 0) is 13.0 Å². The molecule has 0 saturated carbocycles. The van der Waals surface area contributed by atoms with Crippen molar-refractivity contribution >= 4 is 33.2 Å². The molecule has 6 rings (SSSR count). The summed E-state index contributed by atoms with van der Waals surface area (Å²) in [7, 11) is 1.89. The first-order chi connectivity index (χ1) is 18.4. The van der Waals surface area contributed by atoms with Gasteiger partial charge in [0, 0.05) is 29.2 Å². The minimum atomic E-state index is -0.355. The molecule has 192 valence electrons. The molecule has 0 saturated heterocycles. The summed E-state index contributed by atoms with van der Waals surface area (Å²) >= 11 is 1.73. The third kappa shape index (κ3) is 4.73. The van der Waals surface area contributed by atoms with Crippen molar-refractivity contribution in [3.8, 4) is 0 Å². The van der Waals surface area contributed by atoms with Crippen LogP contribution < -0.4 is 16.2 Å². The number of benzene rings is 2. The molecule has 2 aliphatic rings. The Morgan fingerprint density at radius 3 is 2.74 bits per heavy atom. The van der Waals surface area contributed by atoms with Gasteiger partial charge in [-0.05, 0) is 59.5 Å². The fraction of sp³-hybridized carbons (Fsp3) is 0.259. The van der Waals surface area contributed by atoms with E-state index in [0.29, 0.717) is 6.54 Å². The first-order valence-electron chi connectivity index (χ1n) is 12.4. The van der Waals surface area contributed by atoms with Gasteiger partial charge in [-0.15, -0.1) is 16.5 Å². The van der Waals surface area contributed by atoms with E-state index in [4.69, 9.17) is 0 Å². The molecule has 2 aromatic heterocycles. The van der Waals surface area contributed by atoms with Crippen molar-refractivity contribution in [2.45, 2.75) is 38.5 Å². The van der Waals surface area contributed by atoms with Gasteiger partial charge in [-0.25, -0.2) is 15.5 Å². The van der Waals surface area contributed by atoms with Crippen LogP contribution in [0.15, 0.2) is 65.2 Å². The lowest BCUT2D eigenvalue weighted by atomic mass is 10.0. The zero-order valence-electron chi connectivity index (χ0n) is 20.9. The summed E-state index contributed by atoms with van der Waals surface area (Å²) in [5.74, 6) is -0.693. The summed E-state index contributed by atoms with van der Waals surface area (Å²) in [6.45, 7) is 2.45. The third-order valence-electron chi connectivity index (χ3n) is 6.88. The van der Waals surface area contributed by atoms with Crippen LogP contribution in [0.25, 0.3) is 10.1 Å². The minimum absolute atomic E-state index is 0.129. The second-order valence-corrected chi connectivity index (χ2v) is 10.8. The van der Waals surface area contributed by atoms with E-state index in [-0.39, 0.29) is 35.4 Å². The number of nitrogens with zero attached hydrogens (tertiary/aromatic N) is 5.